The molecule has 1 aromatic carbocycles. The molecule has 1 aromatic rings. The van der Waals surface area contributed by atoms with E-state index in [1.54, 1.807) is 0 Å². The number of halogens is 3. The van der Waals surface area contributed by atoms with Gasteiger partial charge in [-0.25, -0.2) is 0 Å². The van der Waals surface area contributed by atoms with Crippen molar-refractivity contribution in [3.05, 3.63) is 33.3 Å². The number of benzene rings is 1. The highest BCUT2D eigenvalue weighted by Crippen LogP contribution is 2.32. The first kappa shape index (κ1) is 16.4. The lowest BCUT2D eigenvalue weighted by Gasteiger charge is -2.33. The van der Waals surface area contributed by atoms with Crippen molar-refractivity contribution >= 4 is 35.6 Å². The Morgan fingerprint density at radius 2 is 1.95 bits per heavy atom. The quantitative estimate of drug-likeness (QED) is 0.885. The summed E-state index contributed by atoms with van der Waals surface area (Å²) in [4.78, 5) is 2.57. The molecular formula is C15H21Cl3N2. The smallest absolute Gasteiger partial charge is 0.0628 e. The normalized spacial score (nSPS) is 20.3. The van der Waals surface area contributed by atoms with Crippen molar-refractivity contribution in [1.29, 1.82) is 0 Å². The molecule has 1 fully saturated rings. The first-order chi connectivity index (χ1) is 9.24. The molecule has 20 heavy (non-hydrogen) atoms. The second-order valence-electron chi connectivity index (χ2n) is 5.68. The van der Waals surface area contributed by atoms with Crippen LogP contribution in [0.25, 0.3) is 0 Å². The van der Waals surface area contributed by atoms with Crippen LogP contribution in [0.1, 0.15) is 24.0 Å². The Hall–Kier alpha value is 0.01000. The van der Waals surface area contributed by atoms with Gasteiger partial charge in [0.25, 0.3) is 0 Å². The standard InChI is InChI=1S/C15H20Cl2N2.ClH/c16-14-2-1-12-10-19(8-5-13(12)15(14)17)9-11-3-6-18-7-4-11;/h1-2,11,18H,3-10H2;1H. The van der Waals surface area contributed by atoms with Gasteiger partial charge in [-0.15, -0.1) is 12.4 Å². The lowest BCUT2D eigenvalue weighted by atomic mass is 9.94. The summed E-state index contributed by atoms with van der Waals surface area (Å²) in [5, 5.41) is 4.88. The summed E-state index contributed by atoms with van der Waals surface area (Å²) in [6, 6.07) is 4.06. The van der Waals surface area contributed by atoms with E-state index in [4.69, 9.17) is 23.2 Å². The van der Waals surface area contributed by atoms with Crippen molar-refractivity contribution in [3.63, 3.8) is 0 Å². The minimum Gasteiger partial charge on any atom is -0.317 e. The van der Waals surface area contributed by atoms with Crippen molar-refractivity contribution in [2.24, 2.45) is 5.92 Å². The molecule has 0 aromatic heterocycles. The van der Waals surface area contributed by atoms with Crippen molar-refractivity contribution in [2.75, 3.05) is 26.2 Å². The number of nitrogens with zero attached hydrogens (tertiary/aromatic N) is 1. The maximum atomic E-state index is 6.29. The van der Waals surface area contributed by atoms with Gasteiger partial charge in [-0.1, -0.05) is 29.3 Å². The van der Waals surface area contributed by atoms with E-state index >= 15 is 0 Å². The molecule has 0 bridgehead atoms. The van der Waals surface area contributed by atoms with Crippen molar-refractivity contribution in [2.45, 2.75) is 25.8 Å². The maximum Gasteiger partial charge on any atom is 0.0628 e. The molecule has 2 aliphatic rings. The van der Waals surface area contributed by atoms with Crippen molar-refractivity contribution in [1.82, 2.24) is 10.2 Å². The highest BCUT2D eigenvalue weighted by molar-refractivity contribution is 6.42. The van der Waals surface area contributed by atoms with Gasteiger partial charge in [0.1, 0.15) is 0 Å². The Bertz CT molecular complexity index is 459. The molecule has 112 valence electrons. The van der Waals surface area contributed by atoms with E-state index in [1.807, 2.05) is 6.07 Å². The number of nitrogens with one attached hydrogen (secondary N) is 1. The van der Waals surface area contributed by atoms with Crippen LogP contribution in [0, 0.1) is 5.92 Å². The average Bonchev–Trinajstić information content (AvgIpc) is 2.44. The molecule has 0 aliphatic carbocycles. The minimum atomic E-state index is 0. The van der Waals surface area contributed by atoms with Gasteiger partial charge in [0.05, 0.1) is 10.0 Å². The predicted molar refractivity (Wildman–Crippen MR) is 88.3 cm³/mol. The molecule has 2 heterocycles. The number of piperidine rings is 1. The summed E-state index contributed by atoms with van der Waals surface area (Å²) < 4.78 is 0. The fraction of sp³-hybridized carbons (Fsp3) is 0.600. The maximum absolute atomic E-state index is 6.29. The van der Waals surface area contributed by atoms with Crippen LogP contribution in [0.2, 0.25) is 10.0 Å². The SMILES string of the molecule is Cl.Clc1ccc2c(c1Cl)CCN(CC1CCNCC1)C2. The Morgan fingerprint density at radius 3 is 2.70 bits per heavy atom. The first-order valence-corrected chi connectivity index (χ1v) is 7.88. The van der Waals surface area contributed by atoms with Crippen LogP contribution >= 0.6 is 35.6 Å². The second-order valence-corrected chi connectivity index (χ2v) is 6.46. The molecule has 5 heteroatoms. The molecule has 1 N–H and O–H groups in total. The third-order valence-electron chi connectivity index (χ3n) is 4.34. The van der Waals surface area contributed by atoms with E-state index < -0.39 is 0 Å². The average molecular weight is 336 g/mol. The van der Waals surface area contributed by atoms with Gasteiger partial charge >= 0.3 is 0 Å². The highest BCUT2D eigenvalue weighted by Gasteiger charge is 2.22. The molecule has 1 saturated heterocycles. The third-order valence-corrected chi connectivity index (χ3v) is 5.18. The second kappa shape index (κ2) is 7.33. The lowest BCUT2D eigenvalue weighted by molar-refractivity contribution is 0.191. The number of hydrogen-bond acceptors (Lipinski definition) is 2. The lowest BCUT2D eigenvalue weighted by Crippen LogP contribution is -2.38. The van der Waals surface area contributed by atoms with E-state index in [2.05, 4.69) is 16.3 Å². The van der Waals surface area contributed by atoms with Gasteiger partial charge in [0.15, 0.2) is 0 Å². The number of fused-ring (bicyclic) bond motifs is 1. The molecule has 0 amide bonds. The molecule has 2 aliphatic heterocycles. The number of hydrogen-bond donors (Lipinski definition) is 1. The van der Waals surface area contributed by atoms with Gasteiger partial charge < -0.3 is 5.32 Å². The third kappa shape index (κ3) is 3.61. The van der Waals surface area contributed by atoms with Gasteiger partial charge in [0.2, 0.25) is 0 Å². The van der Waals surface area contributed by atoms with E-state index in [0.717, 1.165) is 30.5 Å². The molecule has 3 rings (SSSR count). The van der Waals surface area contributed by atoms with E-state index in [0.29, 0.717) is 5.02 Å². The van der Waals surface area contributed by atoms with Crippen LogP contribution in [0.5, 0.6) is 0 Å². The Morgan fingerprint density at radius 1 is 1.20 bits per heavy atom. The Balaban J connectivity index is 0.00000147. The van der Waals surface area contributed by atoms with Gasteiger partial charge in [-0.2, -0.15) is 0 Å². The van der Waals surface area contributed by atoms with Crippen molar-refractivity contribution in [3.8, 4) is 0 Å². The summed E-state index contributed by atoms with van der Waals surface area (Å²) in [5.41, 5.74) is 2.62. The van der Waals surface area contributed by atoms with Crippen LogP contribution in [0.4, 0.5) is 0 Å². The van der Waals surface area contributed by atoms with E-state index in [9.17, 15) is 0 Å². The van der Waals surface area contributed by atoms with Crippen LogP contribution in [-0.2, 0) is 13.0 Å². The molecule has 0 unspecified atom stereocenters. The summed E-state index contributed by atoms with van der Waals surface area (Å²) >= 11 is 12.4. The zero-order chi connectivity index (χ0) is 13.2. The molecule has 2 nitrogen and oxygen atoms in total. The minimum absolute atomic E-state index is 0. The van der Waals surface area contributed by atoms with Crippen molar-refractivity contribution < 1.29 is 0 Å². The highest BCUT2D eigenvalue weighted by atomic mass is 35.5. The van der Waals surface area contributed by atoms with Gasteiger partial charge in [-0.3, -0.25) is 4.90 Å². The molecule has 0 atom stereocenters. The number of rotatable bonds is 2. The predicted octanol–water partition coefficient (Wildman–Crippen LogP) is 3.77. The van der Waals surface area contributed by atoms with Crippen LogP contribution in [-0.4, -0.2) is 31.1 Å². The van der Waals surface area contributed by atoms with Gasteiger partial charge in [-0.05, 0) is 55.5 Å². The molecule has 0 radical (unpaired) electrons. The van der Waals surface area contributed by atoms with Crippen LogP contribution < -0.4 is 5.32 Å². The molecule has 0 spiro atoms. The summed E-state index contributed by atoms with van der Waals surface area (Å²) in [7, 11) is 0. The van der Waals surface area contributed by atoms with E-state index in [1.165, 1.54) is 43.6 Å². The topological polar surface area (TPSA) is 15.3 Å². The fourth-order valence-electron chi connectivity index (χ4n) is 3.23. The Labute approximate surface area is 137 Å². The molecular weight excluding hydrogens is 315 g/mol. The van der Waals surface area contributed by atoms with Gasteiger partial charge in [0, 0.05) is 19.6 Å². The monoisotopic (exact) mass is 334 g/mol. The van der Waals surface area contributed by atoms with E-state index in [-0.39, 0.29) is 12.4 Å². The summed E-state index contributed by atoms with van der Waals surface area (Å²) in [6.07, 6.45) is 3.65. The first-order valence-electron chi connectivity index (χ1n) is 7.13. The van der Waals surface area contributed by atoms with Crippen LogP contribution in [0.15, 0.2) is 12.1 Å². The Kier molecular flexibility index (Phi) is 6.00. The summed E-state index contributed by atoms with van der Waals surface area (Å²) in [5.74, 6) is 0.852. The molecule has 0 saturated carbocycles. The zero-order valence-electron chi connectivity index (χ0n) is 11.5. The zero-order valence-corrected chi connectivity index (χ0v) is 13.8. The summed E-state index contributed by atoms with van der Waals surface area (Å²) in [6.45, 7) is 5.71. The largest absolute Gasteiger partial charge is 0.317 e. The van der Waals surface area contributed by atoms with Crippen LogP contribution in [0.3, 0.4) is 0 Å². The fourth-order valence-corrected chi connectivity index (χ4v) is 3.68.